The lowest BCUT2D eigenvalue weighted by molar-refractivity contribution is -0.125. The molecule has 92 valence electrons. The molecule has 2 rings (SSSR count). The Morgan fingerprint density at radius 2 is 2.06 bits per heavy atom. The Bertz CT molecular complexity index is 391. The Morgan fingerprint density at radius 3 is 2.65 bits per heavy atom. The van der Waals surface area contributed by atoms with E-state index >= 15 is 0 Å². The molecule has 1 aliphatic rings. The molecule has 1 amide bonds. The van der Waals surface area contributed by atoms with Crippen LogP contribution in [0.4, 0.5) is 0 Å². The van der Waals surface area contributed by atoms with Crippen LogP contribution in [0.3, 0.4) is 0 Å². The van der Waals surface area contributed by atoms with Crippen molar-refractivity contribution in [3.63, 3.8) is 0 Å². The molecule has 4 heteroatoms. The molecule has 0 aromatic heterocycles. The van der Waals surface area contributed by atoms with Crippen molar-refractivity contribution in [3.8, 4) is 0 Å². The second-order valence-corrected chi connectivity index (χ2v) is 5.46. The average Bonchev–Trinajstić information content (AvgIpc) is 2.74. The van der Waals surface area contributed by atoms with Crippen molar-refractivity contribution >= 4 is 21.8 Å². The summed E-state index contributed by atoms with van der Waals surface area (Å²) >= 11 is 3.38. The van der Waals surface area contributed by atoms with E-state index in [1.807, 2.05) is 24.3 Å². The van der Waals surface area contributed by atoms with Gasteiger partial charge in [-0.1, -0.05) is 34.5 Å². The molecule has 2 unspecified atom stereocenters. The molecule has 1 saturated carbocycles. The van der Waals surface area contributed by atoms with E-state index in [-0.39, 0.29) is 17.9 Å². The molecule has 1 fully saturated rings. The summed E-state index contributed by atoms with van der Waals surface area (Å²) < 4.78 is 1.05. The van der Waals surface area contributed by atoms with Crippen molar-refractivity contribution in [2.24, 2.45) is 11.7 Å². The quantitative estimate of drug-likeness (QED) is 0.898. The zero-order valence-electron chi connectivity index (χ0n) is 9.66. The largest absolute Gasteiger partial charge is 0.352 e. The second-order valence-electron chi connectivity index (χ2n) is 4.55. The first-order valence-electron chi connectivity index (χ1n) is 5.94. The van der Waals surface area contributed by atoms with Gasteiger partial charge in [0.25, 0.3) is 0 Å². The molecule has 17 heavy (non-hydrogen) atoms. The van der Waals surface area contributed by atoms with E-state index in [1.54, 1.807) is 0 Å². The third-order valence-corrected chi connectivity index (χ3v) is 3.81. The van der Waals surface area contributed by atoms with E-state index in [9.17, 15) is 4.79 Å². The van der Waals surface area contributed by atoms with Crippen LogP contribution in [0.25, 0.3) is 0 Å². The number of hydrogen-bond donors (Lipinski definition) is 2. The highest BCUT2D eigenvalue weighted by molar-refractivity contribution is 9.10. The monoisotopic (exact) mass is 296 g/mol. The Morgan fingerprint density at radius 1 is 1.35 bits per heavy atom. The summed E-state index contributed by atoms with van der Waals surface area (Å²) in [7, 11) is 0. The molecule has 3 N–H and O–H groups in total. The summed E-state index contributed by atoms with van der Waals surface area (Å²) in [6, 6.07) is 7.99. The zero-order chi connectivity index (χ0) is 12.3. The number of hydrogen-bond acceptors (Lipinski definition) is 2. The summed E-state index contributed by atoms with van der Waals surface area (Å²) in [5.74, 6) is 0.100. The summed E-state index contributed by atoms with van der Waals surface area (Å²) in [6.45, 7) is 0.579. The van der Waals surface area contributed by atoms with Crippen molar-refractivity contribution < 1.29 is 4.79 Å². The van der Waals surface area contributed by atoms with Gasteiger partial charge in [0, 0.05) is 17.1 Å². The molecule has 0 bridgehead atoms. The number of carbonyl (C=O) groups excluding carboxylic acids is 1. The molecular formula is C13H17BrN2O. The smallest absolute Gasteiger partial charge is 0.224 e. The van der Waals surface area contributed by atoms with Crippen LogP contribution in [0.5, 0.6) is 0 Å². The van der Waals surface area contributed by atoms with Crippen LogP contribution in [0, 0.1) is 5.92 Å². The van der Waals surface area contributed by atoms with Gasteiger partial charge in [0.05, 0.1) is 5.92 Å². The van der Waals surface area contributed by atoms with Gasteiger partial charge in [-0.25, -0.2) is 0 Å². The first-order valence-corrected chi connectivity index (χ1v) is 6.74. The van der Waals surface area contributed by atoms with E-state index in [4.69, 9.17) is 5.73 Å². The van der Waals surface area contributed by atoms with E-state index in [2.05, 4.69) is 21.2 Å². The van der Waals surface area contributed by atoms with Crippen LogP contribution in [0.1, 0.15) is 24.8 Å². The number of benzene rings is 1. The molecule has 3 nitrogen and oxygen atoms in total. The number of carbonyl (C=O) groups is 1. The van der Waals surface area contributed by atoms with E-state index in [0.717, 1.165) is 29.3 Å². The van der Waals surface area contributed by atoms with Crippen molar-refractivity contribution in [1.82, 2.24) is 5.32 Å². The number of rotatable bonds is 3. The highest BCUT2D eigenvalue weighted by Crippen LogP contribution is 2.24. The SMILES string of the molecule is NC1CCCC1C(=O)NCc1ccc(Br)cc1. The van der Waals surface area contributed by atoms with Crippen LogP contribution in [0.2, 0.25) is 0 Å². The summed E-state index contributed by atoms with van der Waals surface area (Å²) in [5.41, 5.74) is 7.01. The molecule has 1 aliphatic carbocycles. The van der Waals surface area contributed by atoms with Crippen molar-refractivity contribution in [2.45, 2.75) is 31.8 Å². The van der Waals surface area contributed by atoms with Gasteiger partial charge in [0.2, 0.25) is 5.91 Å². The third-order valence-electron chi connectivity index (χ3n) is 3.29. The number of halogens is 1. The molecule has 0 spiro atoms. The van der Waals surface area contributed by atoms with E-state index in [0.29, 0.717) is 6.54 Å². The van der Waals surface area contributed by atoms with Crippen LogP contribution in [-0.2, 0) is 11.3 Å². The van der Waals surface area contributed by atoms with Crippen molar-refractivity contribution in [2.75, 3.05) is 0 Å². The Kier molecular flexibility index (Phi) is 4.18. The molecule has 1 aromatic carbocycles. The normalized spacial score (nSPS) is 23.6. The first-order chi connectivity index (χ1) is 8.16. The van der Waals surface area contributed by atoms with Crippen LogP contribution in [-0.4, -0.2) is 11.9 Å². The predicted molar refractivity (Wildman–Crippen MR) is 71.3 cm³/mol. The third kappa shape index (κ3) is 3.30. The Hall–Kier alpha value is -0.870. The maximum atomic E-state index is 11.9. The highest BCUT2D eigenvalue weighted by Gasteiger charge is 2.29. The fraction of sp³-hybridized carbons (Fsp3) is 0.462. The predicted octanol–water partition coefficient (Wildman–Crippen LogP) is 2.19. The molecular weight excluding hydrogens is 280 g/mol. The standard InChI is InChI=1S/C13H17BrN2O/c14-10-6-4-9(5-7-10)8-16-13(17)11-2-1-3-12(11)15/h4-7,11-12H,1-3,8,15H2,(H,16,17). The molecule has 0 aliphatic heterocycles. The van der Waals surface area contributed by atoms with Gasteiger partial charge in [-0.05, 0) is 30.5 Å². The topological polar surface area (TPSA) is 55.1 Å². The van der Waals surface area contributed by atoms with Gasteiger partial charge >= 0.3 is 0 Å². The zero-order valence-corrected chi connectivity index (χ0v) is 11.2. The minimum atomic E-state index is 0.00504. The number of nitrogens with two attached hydrogens (primary N) is 1. The van der Waals surface area contributed by atoms with Gasteiger partial charge in [-0.3, -0.25) is 4.79 Å². The van der Waals surface area contributed by atoms with Crippen molar-refractivity contribution in [1.29, 1.82) is 0 Å². The van der Waals surface area contributed by atoms with Gasteiger partial charge in [-0.15, -0.1) is 0 Å². The van der Waals surface area contributed by atoms with Crippen LogP contribution < -0.4 is 11.1 Å². The summed E-state index contributed by atoms with van der Waals surface area (Å²) in [5, 5.41) is 2.96. The fourth-order valence-electron chi connectivity index (χ4n) is 2.24. The van der Waals surface area contributed by atoms with Gasteiger partial charge in [0.1, 0.15) is 0 Å². The molecule has 1 aromatic rings. The fourth-order valence-corrected chi connectivity index (χ4v) is 2.50. The lowest BCUT2D eigenvalue weighted by Gasteiger charge is -2.15. The Labute approximate surface area is 110 Å². The Balaban J connectivity index is 1.85. The van der Waals surface area contributed by atoms with Gasteiger partial charge in [-0.2, -0.15) is 0 Å². The van der Waals surface area contributed by atoms with E-state index in [1.165, 1.54) is 0 Å². The van der Waals surface area contributed by atoms with Crippen LogP contribution >= 0.6 is 15.9 Å². The molecule has 0 heterocycles. The second kappa shape index (κ2) is 5.65. The summed E-state index contributed by atoms with van der Waals surface area (Å²) in [4.78, 5) is 11.9. The summed E-state index contributed by atoms with van der Waals surface area (Å²) in [6.07, 6.45) is 2.96. The lowest BCUT2D eigenvalue weighted by Crippen LogP contribution is -2.38. The minimum absolute atomic E-state index is 0.00504. The molecule has 2 atom stereocenters. The maximum Gasteiger partial charge on any atom is 0.224 e. The van der Waals surface area contributed by atoms with Gasteiger partial charge < -0.3 is 11.1 Å². The average molecular weight is 297 g/mol. The number of amides is 1. The minimum Gasteiger partial charge on any atom is -0.352 e. The first kappa shape index (κ1) is 12.6. The van der Waals surface area contributed by atoms with E-state index < -0.39 is 0 Å². The highest BCUT2D eigenvalue weighted by atomic mass is 79.9. The number of nitrogens with one attached hydrogen (secondary N) is 1. The van der Waals surface area contributed by atoms with Crippen LogP contribution in [0.15, 0.2) is 28.7 Å². The molecule has 0 saturated heterocycles. The lowest BCUT2D eigenvalue weighted by atomic mass is 10.0. The maximum absolute atomic E-state index is 11.9. The van der Waals surface area contributed by atoms with Crippen molar-refractivity contribution in [3.05, 3.63) is 34.3 Å². The van der Waals surface area contributed by atoms with Gasteiger partial charge in [0.15, 0.2) is 0 Å². The molecule has 0 radical (unpaired) electrons.